The zero-order valence-electron chi connectivity index (χ0n) is 15.7. The molecule has 146 valence electrons. The number of phenols is 1. The number of hydrogen-bond acceptors (Lipinski definition) is 4. The number of fused-ring (bicyclic) bond motifs is 1. The van der Waals surface area contributed by atoms with Crippen molar-refractivity contribution >= 4 is 23.3 Å². The third-order valence-corrected chi connectivity index (χ3v) is 5.33. The molecule has 0 atom stereocenters. The van der Waals surface area contributed by atoms with E-state index in [4.69, 9.17) is 12.2 Å². The number of nitrogens with zero attached hydrogens (tertiary/aromatic N) is 3. The molecule has 0 spiro atoms. The molecule has 0 aliphatic carbocycles. The molecule has 2 aromatic heterocycles. The quantitative estimate of drug-likeness (QED) is 0.425. The predicted octanol–water partition coefficient (Wildman–Crippen LogP) is 4.61. The molecular formula is C23H16N4O2S. The second kappa shape index (κ2) is 7.13. The molecule has 5 rings (SSSR count). The Morgan fingerprint density at radius 3 is 2.00 bits per heavy atom. The highest BCUT2D eigenvalue weighted by molar-refractivity contribution is 7.71. The van der Waals surface area contributed by atoms with E-state index in [0.29, 0.717) is 32.7 Å². The van der Waals surface area contributed by atoms with Crippen LogP contribution in [-0.4, -0.2) is 24.4 Å². The largest absolute Gasteiger partial charge is 0.507 e. The standard InChI is InChI=1S/C23H16N4O2S/c28-18-14-8-7-13-17(18)20-19-21(25-24-20)26(15-9-3-1-4-10-15)23(30)27(22(19)29)16-11-5-2-6-12-16/h1-14,28H,(H,24,25). The lowest BCUT2D eigenvalue weighted by atomic mass is 10.1. The number of rotatable bonds is 3. The van der Waals surface area contributed by atoms with E-state index in [1.165, 1.54) is 4.57 Å². The summed E-state index contributed by atoms with van der Waals surface area (Å²) in [7, 11) is 0. The van der Waals surface area contributed by atoms with Crippen LogP contribution in [0.15, 0.2) is 89.7 Å². The highest BCUT2D eigenvalue weighted by Gasteiger charge is 2.21. The Morgan fingerprint density at radius 2 is 1.37 bits per heavy atom. The first-order valence-electron chi connectivity index (χ1n) is 9.32. The van der Waals surface area contributed by atoms with E-state index < -0.39 is 0 Å². The molecule has 5 aromatic rings. The summed E-state index contributed by atoms with van der Waals surface area (Å²) in [5.74, 6) is 0.0578. The topological polar surface area (TPSA) is 75.8 Å². The van der Waals surface area contributed by atoms with Crippen LogP contribution in [-0.2, 0) is 0 Å². The maximum Gasteiger partial charge on any atom is 0.270 e. The lowest BCUT2D eigenvalue weighted by Gasteiger charge is -2.14. The Hall–Kier alpha value is -3.97. The Kier molecular flexibility index (Phi) is 4.30. The van der Waals surface area contributed by atoms with E-state index in [0.717, 1.165) is 5.69 Å². The summed E-state index contributed by atoms with van der Waals surface area (Å²) < 4.78 is 3.56. The summed E-state index contributed by atoms with van der Waals surface area (Å²) in [4.78, 5) is 13.6. The van der Waals surface area contributed by atoms with Crippen LogP contribution in [0, 0.1) is 4.77 Å². The fraction of sp³-hybridized carbons (Fsp3) is 0. The summed E-state index contributed by atoms with van der Waals surface area (Å²) in [5.41, 5.74) is 2.48. The molecule has 0 saturated heterocycles. The molecule has 7 heteroatoms. The molecule has 3 aromatic carbocycles. The Morgan fingerprint density at radius 1 is 0.800 bits per heavy atom. The minimum Gasteiger partial charge on any atom is -0.507 e. The predicted molar refractivity (Wildman–Crippen MR) is 119 cm³/mol. The molecule has 0 saturated carbocycles. The normalized spacial score (nSPS) is 11.1. The van der Waals surface area contributed by atoms with Gasteiger partial charge in [0, 0.05) is 11.3 Å². The van der Waals surface area contributed by atoms with Crippen LogP contribution in [0.25, 0.3) is 33.7 Å². The lowest BCUT2D eigenvalue weighted by Crippen LogP contribution is -2.23. The average Bonchev–Trinajstić information content (AvgIpc) is 3.20. The summed E-state index contributed by atoms with van der Waals surface area (Å²) in [6, 6.07) is 25.6. The van der Waals surface area contributed by atoms with Gasteiger partial charge in [-0.05, 0) is 48.6 Å². The third-order valence-electron chi connectivity index (χ3n) is 4.96. The number of aromatic hydroxyl groups is 1. The minimum absolute atomic E-state index is 0.0578. The first kappa shape index (κ1) is 18.1. The van der Waals surface area contributed by atoms with Gasteiger partial charge in [-0.2, -0.15) is 5.10 Å². The van der Waals surface area contributed by atoms with Crippen molar-refractivity contribution in [2.24, 2.45) is 0 Å². The van der Waals surface area contributed by atoms with Crippen molar-refractivity contribution in [3.05, 3.63) is 100 Å². The van der Waals surface area contributed by atoms with E-state index in [1.54, 1.807) is 28.8 Å². The zero-order chi connectivity index (χ0) is 20.7. The fourth-order valence-corrected chi connectivity index (χ4v) is 3.96. The van der Waals surface area contributed by atoms with Crippen molar-refractivity contribution in [3.63, 3.8) is 0 Å². The summed E-state index contributed by atoms with van der Waals surface area (Å²) >= 11 is 5.75. The highest BCUT2D eigenvalue weighted by Crippen LogP contribution is 2.32. The molecule has 0 radical (unpaired) electrons. The number of nitrogens with one attached hydrogen (secondary N) is 1. The summed E-state index contributed by atoms with van der Waals surface area (Å²) in [6.07, 6.45) is 0. The second-order valence-corrected chi connectivity index (χ2v) is 7.11. The van der Waals surface area contributed by atoms with Gasteiger partial charge in [-0.15, -0.1) is 0 Å². The smallest absolute Gasteiger partial charge is 0.270 e. The molecule has 6 nitrogen and oxygen atoms in total. The number of phenolic OH excluding ortho intramolecular Hbond substituents is 1. The van der Waals surface area contributed by atoms with Gasteiger partial charge in [-0.1, -0.05) is 48.5 Å². The van der Waals surface area contributed by atoms with Crippen molar-refractivity contribution in [1.82, 2.24) is 19.3 Å². The van der Waals surface area contributed by atoms with Gasteiger partial charge in [-0.3, -0.25) is 19.0 Å². The number of H-pyrrole nitrogens is 1. The van der Waals surface area contributed by atoms with Crippen LogP contribution >= 0.6 is 12.2 Å². The Labute approximate surface area is 176 Å². The number of aromatic nitrogens is 4. The van der Waals surface area contributed by atoms with E-state index in [1.807, 2.05) is 60.7 Å². The van der Waals surface area contributed by atoms with E-state index in [2.05, 4.69) is 10.2 Å². The van der Waals surface area contributed by atoms with Crippen molar-refractivity contribution < 1.29 is 5.11 Å². The molecule has 0 aliphatic rings. The van der Waals surface area contributed by atoms with Crippen molar-refractivity contribution in [3.8, 4) is 28.4 Å². The number of hydrogen-bond donors (Lipinski definition) is 2. The molecule has 2 heterocycles. The van der Waals surface area contributed by atoms with Crippen molar-refractivity contribution in [2.45, 2.75) is 0 Å². The molecule has 0 bridgehead atoms. The van der Waals surface area contributed by atoms with Crippen LogP contribution in [0.2, 0.25) is 0 Å². The lowest BCUT2D eigenvalue weighted by molar-refractivity contribution is 0.477. The van der Waals surface area contributed by atoms with Gasteiger partial charge in [0.15, 0.2) is 10.4 Å². The number of benzene rings is 3. The molecule has 0 fully saturated rings. The molecule has 0 amide bonds. The first-order chi connectivity index (χ1) is 14.7. The van der Waals surface area contributed by atoms with Gasteiger partial charge in [0.2, 0.25) is 0 Å². The van der Waals surface area contributed by atoms with Crippen LogP contribution in [0.5, 0.6) is 5.75 Å². The summed E-state index contributed by atoms with van der Waals surface area (Å²) in [5, 5.41) is 18.1. The second-order valence-electron chi connectivity index (χ2n) is 6.74. The van der Waals surface area contributed by atoms with Crippen LogP contribution in [0.4, 0.5) is 0 Å². The van der Waals surface area contributed by atoms with Crippen LogP contribution in [0.1, 0.15) is 0 Å². The molecule has 0 unspecified atom stereocenters. The van der Waals surface area contributed by atoms with Crippen molar-refractivity contribution in [1.29, 1.82) is 0 Å². The van der Waals surface area contributed by atoms with Crippen molar-refractivity contribution in [2.75, 3.05) is 0 Å². The van der Waals surface area contributed by atoms with E-state index in [9.17, 15) is 9.90 Å². The van der Waals surface area contributed by atoms with Gasteiger partial charge in [0.1, 0.15) is 11.1 Å². The molecule has 0 aliphatic heterocycles. The number of para-hydroxylation sites is 3. The maximum absolute atomic E-state index is 13.6. The number of aromatic amines is 1. The summed E-state index contributed by atoms with van der Waals surface area (Å²) in [6.45, 7) is 0. The van der Waals surface area contributed by atoms with Gasteiger partial charge in [0.05, 0.1) is 11.4 Å². The molecule has 30 heavy (non-hydrogen) atoms. The van der Waals surface area contributed by atoms with Gasteiger partial charge >= 0.3 is 0 Å². The van der Waals surface area contributed by atoms with Crippen LogP contribution < -0.4 is 5.56 Å². The van der Waals surface area contributed by atoms with Gasteiger partial charge < -0.3 is 5.11 Å². The van der Waals surface area contributed by atoms with Gasteiger partial charge in [-0.25, -0.2) is 0 Å². The molecule has 2 N–H and O–H groups in total. The highest BCUT2D eigenvalue weighted by atomic mass is 32.1. The Bertz CT molecular complexity index is 1490. The fourth-order valence-electron chi connectivity index (χ4n) is 3.58. The average molecular weight is 412 g/mol. The minimum atomic E-state index is -0.305. The maximum atomic E-state index is 13.6. The van der Waals surface area contributed by atoms with Gasteiger partial charge in [0.25, 0.3) is 5.56 Å². The molecular weight excluding hydrogens is 396 g/mol. The van der Waals surface area contributed by atoms with Crippen LogP contribution in [0.3, 0.4) is 0 Å². The monoisotopic (exact) mass is 412 g/mol. The SMILES string of the molecule is O=c1c2c(-c3ccccc3O)[nH]nc2n(-c2ccccc2)c(=S)n1-c1ccccc1. The zero-order valence-corrected chi connectivity index (χ0v) is 16.5. The van der Waals surface area contributed by atoms with E-state index >= 15 is 0 Å². The Balaban J connectivity index is 1.97. The van der Waals surface area contributed by atoms with E-state index in [-0.39, 0.29) is 11.3 Å². The third kappa shape index (κ3) is 2.75. The first-order valence-corrected chi connectivity index (χ1v) is 9.73.